The molecule has 0 unspecified atom stereocenters. The normalized spacial score (nSPS) is 10.7. The van der Waals surface area contributed by atoms with Crippen molar-refractivity contribution in [3.05, 3.63) is 24.9 Å². The second kappa shape index (κ2) is 4.39. The summed E-state index contributed by atoms with van der Waals surface area (Å²) in [5.74, 6) is 0. The summed E-state index contributed by atoms with van der Waals surface area (Å²) in [6, 6.07) is 0. The van der Waals surface area contributed by atoms with E-state index in [9.17, 15) is 0 Å². The first-order chi connectivity index (χ1) is 5.37. The topological polar surface area (TPSA) is 12.0 Å². The van der Waals surface area contributed by atoms with Crippen LogP contribution in [0, 0.1) is 0 Å². The van der Waals surface area contributed by atoms with E-state index in [1.165, 1.54) is 0 Å². The van der Waals surface area contributed by atoms with Gasteiger partial charge in [0.05, 0.1) is 0 Å². The largest absolute Gasteiger partial charge is 0.381 e. The SMILES string of the molecule is C=CC(=C)NC(C)(C)CB(C)C. The summed E-state index contributed by atoms with van der Waals surface area (Å²) in [5.41, 5.74) is 1.03. The van der Waals surface area contributed by atoms with Crippen molar-refractivity contribution >= 4 is 6.71 Å². The van der Waals surface area contributed by atoms with E-state index in [-0.39, 0.29) is 5.54 Å². The Morgan fingerprint density at radius 1 is 1.50 bits per heavy atom. The quantitative estimate of drug-likeness (QED) is 0.487. The standard InChI is InChI=1S/C10H20BN/c1-7-9(2)12-10(3,4)8-11(5)6/h7,12H,1-2,8H2,3-6H3. The van der Waals surface area contributed by atoms with Crippen LogP contribution < -0.4 is 5.32 Å². The summed E-state index contributed by atoms with van der Waals surface area (Å²) in [7, 11) is 0. The minimum Gasteiger partial charge on any atom is -0.381 e. The molecule has 0 bridgehead atoms. The van der Waals surface area contributed by atoms with Crippen LogP contribution in [0.3, 0.4) is 0 Å². The Labute approximate surface area is 77.0 Å². The van der Waals surface area contributed by atoms with Crippen molar-refractivity contribution < 1.29 is 0 Å². The van der Waals surface area contributed by atoms with Gasteiger partial charge in [-0.15, -0.1) is 0 Å². The van der Waals surface area contributed by atoms with Gasteiger partial charge in [0.2, 0.25) is 0 Å². The zero-order chi connectivity index (χ0) is 9.78. The van der Waals surface area contributed by atoms with Gasteiger partial charge < -0.3 is 5.32 Å². The number of rotatable bonds is 5. The summed E-state index contributed by atoms with van der Waals surface area (Å²) in [6.07, 6.45) is 2.89. The molecule has 0 aromatic heterocycles. The van der Waals surface area contributed by atoms with E-state index >= 15 is 0 Å². The van der Waals surface area contributed by atoms with Gasteiger partial charge in [-0.2, -0.15) is 0 Å². The van der Waals surface area contributed by atoms with E-state index in [1.54, 1.807) is 6.08 Å². The lowest BCUT2D eigenvalue weighted by Crippen LogP contribution is -2.40. The molecule has 0 saturated heterocycles. The molecule has 0 heterocycles. The monoisotopic (exact) mass is 165 g/mol. The van der Waals surface area contributed by atoms with E-state index in [2.05, 4.69) is 46.0 Å². The average molecular weight is 165 g/mol. The van der Waals surface area contributed by atoms with E-state index in [1.807, 2.05) is 0 Å². The zero-order valence-electron chi connectivity index (χ0n) is 8.78. The summed E-state index contributed by atoms with van der Waals surface area (Å²) >= 11 is 0. The molecule has 2 heteroatoms. The van der Waals surface area contributed by atoms with Crippen molar-refractivity contribution in [2.45, 2.75) is 39.4 Å². The number of nitrogens with one attached hydrogen (secondary N) is 1. The number of hydrogen-bond acceptors (Lipinski definition) is 1. The maximum atomic E-state index is 3.84. The Hall–Kier alpha value is -0.655. The van der Waals surface area contributed by atoms with Crippen LogP contribution in [0.1, 0.15) is 13.8 Å². The first-order valence-corrected chi connectivity index (χ1v) is 4.47. The van der Waals surface area contributed by atoms with Gasteiger partial charge in [-0.05, 0) is 19.9 Å². The predicted molar refractivity (Wildman–Crippen MR) is 58.8 cm³/mol. The molecule has 68 valence electrons. The molecule has 0 amide bonds. The van der Waals surface area contributed by atoms with Crippen LogP contribution in [0.25, 0.3) is 0 Å². The Kier molecular flexibility index (Phi) is 4.15. The third-order valence-electron chi connectivity index (χ3n) is 1.66. The number of hydrogen-bond donors (Lipinski definition) is 1. The zero-order valence-corrected chi connectivity index (χ0v) is 8.78. The van der Waals surface area contributed by atoms with E-state index in [4.69, 9.17) is 0 Å². The van der Waals surface area contributed by atoms with E-state index in [0.29, 0.717) is 6.71 Å². The molecule has 0 aliphatic rings. The molecule has 0 fully saturated rings. The molecular formula is C10H20BN. The highest BCUT2D eigenvalue weighted by Crippen LogP contribution is 2.13. The van der Waals surface area contributed by atoms with Crippen LogP contribution >= 0.6 is 0 Å². The molecule has 0 saturated carbocycles. The number of allylic oxidation sites excluding steroid dienone is 1. The molecule has 1 nitrogen and oxygen atoms in total. The summed E-state index contributed by atoms with van der Waals surface area (Å²) in [5, 5.41) is 3.32. The molecule has 1 N–H and O–H groups in total. The highest BCUT2D eigenvalue weighted by Gasteiger charge is 2.19. The first kappa shape index (κ1) is 11.3. The molecule has 0 aromatic rings. The van der Waals surface area contributed by atoms with Gasteiger partial charge in [0.1, 0.15) is 6.71 Å². The van der Waals surface area contributed by atoms with Gasteiger partial charge in [-0.3, -0.25) is 0 Å². The Morgan fingerprint density at radius 2 is 2.00 bits per heavy atom. The third-order valence-corrected chi connectivity index (χ3v) is 1.66. The smallest absolute Gasteiger partial charge is 0.136 e. The summed E-state index contributed by atoms with van der Waals surface area (Å²) in [6.45, 7) is 17.0. The lowest BCUT2D eigenvalue weighted by molar-refractivity contribution is 0.476. The molecule has 0 radical (unpaired) electrons. The second-order valence-electron chi connectivity index (χ2n) is 4.34. The molecule has 0 aliphatic heterocycles. The van der Waals surface area contributed by atoms with Crippen molar-refractivity contribution in [2.24, 2.45) is 0 Å². The van der Waals surface area contributed by atoms with E-state index < -0.39 is 0 Å². The fourth-order valence-corrected chi connectivity index (χ4v) is 1.56. The molecule has 0 spiro atoms. The Bertz CT molecular complexity index is 171. The van der Waals surface area contributed by atoms with Crippen molar-refractivity contribution in [2.75, 3.05) is 0 Å². The van der Waals surface area contributed by atoms with Crippen molar-refractivity contribution in [1.29, 1.82) is 0 Å². The molecule has 0 aromatic carbocycles. The van der Waals surface area contributed by atoms with Gasteiger partial charge in [-0.1, -0.05) is 33.1 Å². The highest BCUT2D eigenvalue weighted by atomic mass is 15.0. The minimum atomic E-state index is 0.124. The van der Waals surface area contributed by atoms with Crippen LogP contribution in [-0.2, 0) is 0 Å². The third kappa shape index (κ3) is 5.06. The van der Waals surface area contributed by atoms with Gasteiger partial charge in [0.25, 0.3) is 0 Å². The maximum Gasteiger partial charge on any atom is 0.136 e. The Balaban J connectivity index is 4.02. The van der Waals surface area contributed by atoms with Gasteiger partial charge in [-0.25, -0.2) is 0 Å². The second-order valence-corrected chi connectivity index (χ2v) is 4.34. The average Bonchev–Trinajstić information content (AvgIpc) is 1.83. The van der Waals surface area contributed by atoms with Crippen molar-refractivity contribution in [3.8, 4) is 0 Å². The van der Waals surface area contributed by atoms with Gasteiger partial charge in [0, 0.05) is 11.2 Å². The molecular weight excluding hydrogens is 145 g/mol. The molecule has 12 heavy (non-hydrogen) atoms. The summed E-state index contributed by atoms with van der Waals surface area (Å²) < 4.78 is 0. The predicted octanol–water partition coefficient (Wildman–Crippen LogP) is 2.81. The van der Waals surface area contributed by atoms with Crippen LogP contribution in [0.2, 0.25) is 20.0 Å². The molecule has 0 rings (SSSR count). The van der Waals surface area contributed by atoms with Gasteiger partial charge in [0.15, 0.2) is 0 Å². The van der Waals surface area contributed by atoms with Crippen molar-refractivity contribution in [3.63, 3.8) is 0 Å². The van der Waals surface area contributed by atoms with Gasteiger partial charge >= 0.3 is 0 Å². The first-order valence-electron chi connectivity index (χ1n) is 4.47. The van der Waals surface area contributed by atoms with Crippen LogP contribution in [0.5, 0.6) is 0 Å². The van der Waals surface area contributed by atoms with Crippen LogP contribution in [-0.4, -0.2) is 12.3 Å². The van der Waals surface area contributed by atoms with Crippen molar-refractivity contribution in [1.82, 2.24) is 5.32 Å². The fourth-order valence-electron chi connectivity index (χ4n) is 1.56. The van der Waals surface area contributed by atoms with Crippen LogP contribution in [0.15, 0.2) is 24.9 Å². The highest BCUT2D eigenvalue weighted by molar-refractivity contribution is 6.56. The van der Waals surface area contributed by atoms with Crippen LogP contribution in [0.4, 0.5) is 0 Å². The lowest BCUT2D eigenvalue weighted by atomic mass is 9.48. The maximum absolute atomic E-state index is 3.84. The van der Waals surface area contributed by atoms with E-state index in [0.717, 1.165) is 12.0 Å². The summed E-state index contributed by atoms with van der Waals surface area (Å²) in [4.78, 5) is 0. The fraction of sp³-hybridized carbons (Fsp3) is 0.600. The molecule has 0 atom stereocenters. The Morgan fingerprint density at radius 3 is 2.33 bits per heavy atom. The minimum absolute atomic E-state index is 0.124. The molecule has 0 aliphatic carbocycles. The lowest BCUT2D eigenvalue weighted by Gasteiger charge is -2.28.